The summed E-state index contributed by atoms with van der Waals surface area (Å²) in [4.78, 5) is 13.8. The molecule has 0 unspecified atom stereocenters. The quantitative estimate of drug-likeness (QED) is 0.738. The summed E-state index contributed by atoms with van der Waals surface area (Å²) in [5.74, 6) is 0.550. The maximum absolute atomic E-state index is 11.8. The minimum Gasteiger partial charge on any atom is -0.336 e. The average Bonchev–Trinajstić information content (AvgIpc) is 2.80. The van der Waals surface area contributed by atoms with Crippen molar-refractivity contribution >= 4 is 6.03 Å². The molecule has 0 aromatic carbocycles. The van der Waals surface area contributed by atoms with Crippen molar-refractivity contribution in [1.82, 2.24) is 10.2 Å². The second kappa shape index (κ2) is 4.67. The summed E-state index contributed by atoms with van der Waals surface area (Å²) >= 11 is 0. The number of carbonyl (C=O) groups is 1. The Morgan fingerprint density at radius 1 is 1.36 bits per heavy atom. The third-order valence-electron chi connectivity index (χ3n) is 2.22. The Labute approximate surface area is 86.9 Å². The molecule has 0 saturated heterocycles. The van der Waals surface area contributed by atoms with Crippen LogP contribution in [0.4, 0.5) is 4.79 Å². The van der Waals surface area contributed by atoms with Crippen LogP contribution in [0.1, 0.15) is 40.5 Å². The van der Waals surface area contributed by atoms with Gasteiger partial charge in [-0.2, -0.15) is 0 Å². The van der Waals surface area contributed by atoms with Crippen molar-refractivity contribution in [3.05, 3.63) is 0 Å². The van der Waals surface area contributed by atoms with Crippen LogP contribution in [0.15, 0.2) is 0 Å². The molecule has 0 aromatic rings. The number of urea groups is 1. The average molecular weight is 198 g/mol. The second-order valence-electron chi connectivity index (χ2n) is 4.88. The van der Waals surface area contributed by atoms with E-state index in [2.05, 4.69) is 19.2 Å². The molecule has 0 spiro atoms. The van der Waals surface area contributed by atoms with Gasteiger partial charge in [-0.15, -0.1) is 0 Å². The number of carbonyl (C=O) groups excluding carboxylic acids is 1. The van der Waals surface area contributed by atoms with E-state index in [0.29, 0.717) is 12.0 Å². The zero-order valence-corrected chi connectivity index (χ0v) is 9.71. The lowest BCUT2D eigenvalue weighted by Crippen LogP contribution is -2.45. The molecule has 3 heteroatoms. The lowest BCUT2D eigenvalue weighted by Gasteiger charge is -2.25. The molecule has 1 aliphatic carbocycles. The zero-order valence-electron chi connectivity index (χ0n) is 9.71. The van der Waals surface area contributed by atoms with E-state index >= 15 is 0 Å². The van der Waals surface area contributed by atoms with E-state index in [1.807, 2.05) is 18.7 Å². The molecule has 1 saturated carbocycles. The Balaban J connectivity index is 2.44. The Bertz CT molecular complexity index is 197. The number of hydrogen-bond donors (Lipinski definition) is 1. The van der Waals surface area contributed by atoms with Crippen LogP contribution in [0.5, 0.6) is 0 Å². The van der Waals surface area contributed by atoms with Crippen molar-refractivity contribution in [3.8, 4) is 0 Å². The molecule has 2 amide bonds. The molecule has 14 heavy (non-hydrogen) atoms. The van der Waals surface area contributed by atoms with Crippen LogP contribution < -0.4 is 5.32 Å². The minimum atomic E-state index is 0.108. The first-order valence-corrected chi connectivity index (χ1v) is 5.57. The fourth-order valence-corrected chi connectivity index (χ4v) is 1.51. The Morgan fingerprint density at radius 3 is 2.29 bits per heavy atom. The topological polar surface area (TPSA) is 32.3 Å². The summed E-state index contributed by atoms with van der Waals surface area (Å²) < 4.78 is 0. The lowest BCUT2D eigenvalue weighted by atomic mass is 10.2. The number of nitrogens with zero attached hydrogens (tertiary/aromatic N) is 1. The summed E-state index contributed by atoms with van der Waals surface area (Å²) in [5.41, 5.74) is 0. The Hall–Kier alpha value is -0.730. The first kappa shape index (κ1) is 11.3. The van der Waals surface area contributed by atoms with Gasteiger partial charge in [-0.1, -0.05) is 13.8 Å². The third-order valence-corrected chi connectivity index (χ3v) is 2.22. The van der Waals surface area contributed by atoms with E-state index in [1.54, 1.807) is 0 Å². The molecule has 1 N–H and O–H groups in total. The normalized spacial score (nSPS) is 16.1. The van der Waals surface area contributed by atoms with Gasteiger partial charge >= 0.3 is 6.03 Å². The van der Waals surface area contributed by atoms with Crippen LogP contribution in [0.25, 0.3) is 0 Å². The molecule has 1 fully saturated rings. The molecule has 0 aromatic heterocycles. The highest BCUT2D eigenvalue weighted by Crippen LogP contribution is 2.27. The van der Waals surface area contributed by atoms with Gasteiger partial charge in [-0.25, -0.2) is 4.79 Å². The maximum Gasteiger partial charge on any atom is 0.317 e. The van der Waals surface area contributed by atoms with Gasteiger partial charge in [0.1, 0.15) is 0 Å². The highest BCUT2D eigenvalue weighted by atomic mass is 16.2. The van der Waals surface area contributed by atoms with Crippen molar-refractivity contribution in [2.24, 2.45) is 5.92 Å². The van der Waals surface area contributed by atoms with Crippen molar-refractivity contribution in [2.75, 3.05) is 6.54 Å². The third kappa shape index (κ3) is 3.56. The smallest absolute Gasteiger partial charge is 0.317 e. The van der Waals surface area contributed by atoms with Crippen LogP contribution in [-0.2, 0) is 0 Å². The van der Waals surface area contributed by atoms with Gasteiger partial charge in [0.15, 0.2) is 0 Å². The highest BCUT2D eigenvalue weighted by Gasteiger charge is 2.32. The van der Waals surface area contributed by atoms with E-state index in [1.165, 1.54) is 12.8 Å². The van der Waals surface area contributed by atoms with Gasteiger partial charge in [-0.05, 0) is 32.6 Å². The van der Waals surface area contributed by atoms with Gasteiger partial charge in [0.05, 0.1) is 0 Å². The highest BCUT2D eigenvalue weighted by molar-refractivity contribution is 5.75. The number of hydrogen-bond acceptors (Lipinski definition) is 1. The largest absolute Gasteiger partial charge is 0.336 e. The molecule has 0 radical (unpaired) electrons. The monoisotopic (exact) mass is 198 g/mol. The van der Waals surface area contributed by atoms with Crippen LogP contribution in [0.2, 0.25) is 0 Å². The fraction of sp³-hybridized carbons (Fsp3) is 0.909. The summed E-state index contributed by atoms with van der Waals surface area (Å²) in [5, 5.41) is 2.96. The fourth-order valence-electron chi connectivity index (χ4n) is 1.51. The van der Waals surface area contributed by atoms with Crippen LogP contribution in [0, 0.1) is 5.92 Å². The molecule has 1 aliphatic rings. The van der Waals surface area contributed by atoms with Crippen LogP contribution >= 0.6 is 0 Å². The molecule has 0 atom stereocenters. The number of rotatable bonds is 4. The first-order chi connectivity index (χ1) is 6.50. The molecular weight excluding hydrogens is 176 g/mol. The van der Waals surface area contributed by atoms with E-state index in [-0.39, 0.29) is 12.1 Å². The summed E-state index contributed by atoms with van der Waals surface area (Å²) in [6.07, 6.45) is 2.36. The van der Waals surface area contributed by atoms with Crippen molar-refractivity contribution < 1.29 is 4.79 Å². The predicted molar refractivity (Wildman–Crippen MR) is 58.2 cm³/mol. The predicted octanol–water partition coefficient (Wildman–Crippen LogP) is 2.22. The molecule has 0 bridgehead atoms. The molecular formula is C11H22N2O. The van der Waals surface area contributed by atoms with Crippen molar-refractivity contribution in [3.63, 3.8) is 0 Å². The Kier molecular flexibility index (Phi) is 3.78. The lowest BCUT2D eigenvalue weighted by molar-refractivity contribution is 0.185. The molecule has 1 rings (SSSR count). The van der Waals surface area contributed by atoms with Gasteiger partial charge in [0.25, 0.3) is 0 Å². The van der Waals surface area contributed by atoms with Gasteiger partial charge in [-0.3, -0.25) is 0 Å². The maximum atomic E-state index is 11.8. The standard InChI is InChI=1S/C11H22N2O/c1-8(2)7-13(10-5-6-10)11(14)12-9(3)4/h8-10H,5-7H2,1-4H3,(H,12,14). The first-order valence-electron chi connectivity index (χ1n) is 5.57. The van der Waals surface area contributed by atoms with Crippen LogP contribution in [0.3, 0.4) is 0 Å². The SMILES string of the molecule is CC(C)CN(C(=O)NC(C)C)C1CC1. The van der Waals surface area contributed by atoms with E-state index in [0.717, 1.165) is 6.54 Å². The van der Waals surface area contributed by atoms with Gasteiger partial charge in [0.2, 0.25) is 0 Å². The molecule has 0 aliphatic heterocycles. The Morgan fingerprint density at radius 2 is 1.93 bits per heavy atom. The summed E-state index contributed by atoms with van der Waals surface area (Å²) in [7, 11) is 0. The van der Waals surface area contributed by atoms with Gasteiger partial charge in [0, 0.05) is 18.6 Å². The van der Waals surface area contributed by atoms with E-state index < -0.39 is 0 Å². The number of nitrogens with one attached hydrogen (secondary N) is 1. The van der Waals surface area contributed by atoms with Crippen molar-refractivity contribution in [1.29, 1.82) is 0 Å². The van der Waals surface area contributed by atoms with Crippen LogP contribution in [-0.4, -0.2) is 29.6 Å². The molecule has 82 valence electrons. The van der Waals surface area contributed by atoms with E-state index in [9.17, 15) is 4.79 Å². The zero-order chi connectivity index (χ0) is 10.7. The summed E-state index contributed by atoms with van der Waals surface area (Å²) in [6.45, 7) is 9.18. The van der Waals surface area contributed by atoms with Crippen molar-refractivity contribution in [2.45, 2.75) is 52.6 Å². The second-order valence-corrected chi connectivity index (χ2v) is 4.88. The number of amides is 2. The van der Waals surface area contributed by atoms with Gasteiger partial charge < -0.3 is 10.2 Å². The van der Waals surface area contributed by atoms with E-state index in [4.69, 9.17) is 0 Å². The molecule has 0 heterocycles. The molecule has 3 nitrogen and oxygen atoms in total. The minimum absolute atomic E-state index is 0.108. The summed E-state index contributed by atoms with van der Waals surface area (Å²) in [6, 6.07) is 0.850.